The van der Waals surface area contributed by atoms with Crippen molar-refractivity contribution in [2.75, 3.05) is 0 Å². The summed E-state index contributed by atoms with van der Waals surface area (Å²) in [5.74, 6) is 1.43. The lowest BCUT2D eigenvalue weighted by Crippen LogP contribution is -2.34. The van der Waals surface area contributed by atoms with Gasteiger partial charge in [0.1, 0.15) is 0 Å². The zero-order valence-electron chi connectivity index (χ0n) is 16.2. The Morgan fingerprint density at radius 1 is 1.13 bits per heavy atom. The monoisotopic (exact) mass is 423 g/mol. The van der Waals surface area contributed by atoms with Gasteiger partial charge in [-0.05, 0) is 30.5 Å². The molecule has 8 nitrogen and oxygen atoms in total. The lowest BCUT2D eigenvalue weighted by atomic mass is 9.85. The van der Waals surface area contributed by atoms with Gasteiger partial charge in [0.25, 0.3) is 5.69 Å². The fourth-order valence-electron chi connectivity index (χ4n) is 3.19. The summed E-state index contributed by atoms with van der Waals surface area (Å²) in [6.07, 6.45) is 2.95. The minimum atomic E-state index is -0.430. The van der Waals surface area contributed by atoms with Gasteiger partial charge in [-0.25, -0.2) is 0 Å². The smallest absolute Gasteiger partial charge is 0.269 e. The van der Waals surface area contributed by atoms with Crippen LogP contribution in [0.25, 0.3) is 5.69 Å². The van der Waals surface area contributed by atoms with Crippen molar-refractivity contribution in [3.05, 3.63) is 76.1 Å². The van der Waals surface area contributed by atoms with Crippen LogP contribution in [-0.4, -0.2) is 25.6 Å². The van der Waals surface area contributed by atoms with Gasteiger partial charge in [-0.1, -0.05) is 48.5 Å². The average Bonchev–Trinajstić information content (AvgIpc) is 3.13. The number of nitro benzene ring substituents is 1. The summed E-state index contributed by atoms with van der Waals surface area (Å²) in [4.78, 5) is 22.8. The highest BCUT2D eigenvalue weighted by Gasteiger charge is 2.25. The maximum atomic E-state index is 12.2. The summed E-state index contributed by atoms with van der Waals surface area (Å²) in [5.41, 5.74) is 1.89. The lowest BCUT2D eigenvalue weighted by Gasteiger charge is -2.23. The van der Waals surface area contributed by atoms with E-state index in [1.165, 1.54) is 23.9 Å². The third-order valence-corrected chi connectivity index (χ3v) is 6.13. The molecule has 1 heterocycles. The van der Waals surface area contributed by atoms with E-state index in [4.69, 9.17) is 0 Å². The fraction of sp³-hybridized carbons (Fsp3) is 0.286. The van der Waals surface area contributed by atoms with Crippen molar-refractivity contribution >= 4 is 23.4 Å². The van der Waals surface area contributed by atoms with E-state index in [9.17, 15) is 14.9 Å². The molecule has 3 aromatic rings. The van der Waals surface area contributed by atoms with Crippen LogP contribution < -0.4 is 5.32 Å². The van der Waals surface area contributed by atoms with Gasteiger partial charge in [0, 0.05) is 29.5 Å². The molecule has 1 saturated carbocycles. The molecule has 4 rings (SSSR count). The Hall–Kier alpha value is -3.20. The van der Waals surface area contributed by atoms with E-state index in [2.05, 4.69) is 15.5 Å². The molecule has 0 aliphatic heterocycles. The molecule has 30 heavy (non-hydrogen) atoms. The Kier molecular flexibility index (Phi) is 6.08. The van der Waals surface area contributed by atoms with Crippen LogP contribution in [0.2, 0.25) is 0 Å². The van der Waals surface area contributed by atoms with Crippen LogP contribution in [-0.2, 0) is 17.1 Å². The highest BCUT2D eigenvalue weighted by molar-refractivity contribution is 7.98. The van der Waals surface area contributed by atoms with Gasteiger partial charge in [0.15, 0.2) is 11.0 Å². The van der Waals surface area contributed by atoms with Crippen LogP contribution in [0.1, 0.15) is 30.7 Å². The van der Waals surface area contributed by atoms with Gasteiger partial charge >= 0.3 is 0 Å². The summed E-state index contributed by atoms with van der Waals surface area (Å²) >= 11 is 1.53. The van der Waals surface area contributed by atoms with Crippen molar-refractivity contribution in [3.63, 3.8) is 0 Å². The number of aromatic nitrogens is 3. The maximum Gasteiger partial charge on any atom is 0.269 e. The van der Waals surface area contributed by atoms with Gasteiger partial charge in [-0.2, -0.15) is 0 Å². The molecular weight excluding hydrogens is 402 g/mol. The largest absolute Gasteiger partial charge is 0.349 e. The molecule has 1 aliphatic carbocycles. The van der Waals surface area contributed by atoms with E-state index >= 15 is 0 Å². The standard InChI is InChI=1S/C21H21N5O3S/c27-20(16-7-4-8-16)22-13-19-23-24-21(30-14-15-5-2-1-3-6-15)25(19)17-9-11-18(12-10-17)26(28)29/h1-3,5-6,9-12,16H,4,7-8,13-14H2,(H,22,27). The topological polar surface area (TPSA) is 103 Å². The Morgan fingerprint density at radius 2 is 1.87 bits per heavy atom. The Morgan fingerprint density at radius 3 is 2.50 bits per heavy atom. The second-order valence-electron chi connectivity index (χ2n) is 7.13. The summed E-state index contributed by atoms with van der Waals surface area (Å²) in [6.45, 7) is 0.255. The lowest BCUT2D eigenvalue weighted by molar-refractivity contribution is -0.384. The number of non-ortho nitro benzene ring substituents is 1. The SMILES string of the molecule is O=C(NCc1nnc(SCc2ccccc2)n1-c1ccc([N+](=O)[O-])cc1)C1CCC1. The van der Waals surface area contributed by atoms with Crippen molar-refractivity contribution in [3.8, 4) is 5.69 Å². The predicted molar refractivity (Wildman–Crippen MR) is 113 cm³/mol. The molecule has 1 aromatic heterocycles. The van der Waals surface area contributed by atoms with Crippen LogP contribution >= 0.6 is 11.8 Å². The third-order valence-electron chi connectivity index (χ3n) is 5.13. The van der Waals surface area contributed by atoms with Gasteiger partial charge in [0.2, 0.25) is 5.91 Å². The minimum Gasteiger partial charge on any atom is -0.349 e. The molecule has 0 radical (unpaired) electrons. The molecule has 1 fully saturated rings. The Balaban J connectivity index is 1.57. The van der Waals surface area contributed by atoms with E-state index in [0.717, 1.165) is 24.8 Å². The van der Waals surface area contributed by atoms with E-state index in [0.29, 0.717) is 22.4 Å². The van der Waals surface area contributed by atoms with Crippen LogP contribution in [0.4, 0.5) is 5.69 Å². The molecular formula is C21H21N5O3S. The number of nitrogens with one attached hydrogen (secondary N) is 1. The Labute approximate surface area is 177 Å². The fourth-order valence-corrected chi connectivity index (χ4v) is 4.12. The number of amides is 1. The molecule has 1 aliphatic rings. The van der Waals surface area contributed by atoms with Crippen LogP contribution in [0, 0.1) is 16.0 Å². The van der Waals surface area contributed by atoms with Crippen LogP contribution in [0.3, 0.4) is 0 Å². The molecule has 0 atom stereocenters. The van der Waals surface area contributed by atoms with Crippen molar-refractivity contribution in [2.24, 2.45) is 5.92 Å². The number of nitro groups is 1. The normalized spacial score (nSPS) is 13.6. The van der Waals surface area contributed by atoms with Gasteiger partial charge in [-0.15, -0.1) is 10.2 Å². The summed E-state index contributed by atoms with van der Waals surface area (Å²) in [7, 11) is 0. The van der Waals surface area contributed by atoms with E-state index in [1.54, 1.807) is 12.1 Å². The molecule has 0 unspecified atom stereocenters. The third kappa shape index (κ3) is 4.51. The molecule has 2 aromatic carbocycles. The molecule has 0 saturated heterocycles. The van der Waals surface area contributed by atoms with E-state index < -0.39 is 4.92 Å². The zero-order valence-corrected chi connectivity index (χ0v) is 17.0. The van der Waals surface area contributed by atoms with E-state index in [-0.39, 0.29) is 24.1 Å². The van der Waals surface area contributed by atoms with Crippen molar-refractivity contribution in [2.45, 2.75) is 36.7 Å². The van der Waals surface area contributed by atoms with Crippen LogP contribution in [0.5, 0.6) is 0 Å². The number of hydrogen-bond acceptors (Lipinski definition) is 6. The molecule has 154 valence electrons. The summed E-state index contributed by atoms with van der Waals surface area (Å²) in [5, 5.41) is 23.2. The predicted octanol–water partition coefficient (Wildman–Crippen LogP) is 3.88. The minimum absolute atomic E-state index is 0.0187. The first-order valence-electron chi connectivity index (χ1n) is 9.75. The zero-order chi connectivity index (χ0) is 20.9. The van der Waals surface area contributed by atoms with Crippen molar-refractivity contribution in [1.29, 1.82) is 0 Å². The highest BCUT2D eigenvalue weighted by atomic mass is 32.2. The number of carbonyl (C=O) groups excluding carboxylic acids is 1. The first-order valence-corrected chi connectivity index (χ1v) is 10.7. The number of rotatable bonds is 8. The molecule has 0 spiro atoms. The number of benzene rings is 2. The first-order chi connectivity index (χ1) is 14.6. The van der Waals surface area contributed by atoms with Crippen molar-refractivity contribution in [1.82, 2.24) is 20.1 Å². The molecule has 0 bridgehead atoms. The Bertz CT molecular complexity index is 1030. The van der Waals surface area contributed by atoms with Gasteiger partial charge in [-0.3, -0.25) is 19.5 Å². The van der Waals surface area contributed by atoms with E-state index in [1.807, 2.05) is 34.9 Å². The van der Waals surface area contributed by atoms with Crippen LogP contribution in [0.15, 0.2) is 59.8 Å². The van der Waals surface area contributed by atoms with Gasteiger partial charge < -0.3 is 5.32 Å². The first kappa shape index (κ1) is 20.1. The second kappa shape index (κ2) is 9.08. The summed E-state index contributed by atoms with van der Waals surface area (Å²) in [6, 6.07) is 16.3. The molecule has 1 N–H and O–H groups in total. The number of nitrogens with zero attached hydrogens (tertiary/aromatic N) is 4. The van der Waals surface area contributed by atoms with Crippen molar-refractivity contribution < 1.29 is 9.72 Å². The number of thioether (sulfide) groups is 1. The number of hydrogen-bond donors (Lipinski definition) is 1. The van der Waals surface area contributed by atoms with Gasteiger partial charge in [0.05, 0.1) is 11.5 Å². The average molecular weight is 423 g/mol. The highest BCUT2D eigenvalue weighted by Crippen LogP contribution is 2.28. The molecule has 9 heteroatoms. The maximum absolute atomic E-state index is 12.2. The second-order valence-corrected chi connectivity index (χ2v) is 8.07. The quantitative estimate of drug-likeness (QED) is 0.335. The molecule has 1 amide bonds. The number of carbonyl (C=O) groups is 1. The summed E-state index contributed by atoms with van der Waals surface area (Å²) < 4.78 is 1.85.